The molecule has 0 fully saturated rings. The van der Waals surface area contributed by atoms with Crippen molar-refractivity contribution in [3.63, 3.8) is 0 Å². The summed E-state index contributed by atoms with van der Waals surface area (Å²) in [7, 11) is 0. The van der Waals surface area contributed by atoms with E-state index in [0.717, 1.165) is 11.3 Å². The predicted molar refractivity (Wildman–Crippen MR) is 67.2 cm³/mol. The molecular weight excluding hydrogens is 266 g/mol. The van der Waals surface area contributed by atoms with E-state index in [4.69, 9.17) is 34.8 Å². The summed E-state index contributed by atoms with van der Waals surface area (Å²) in [6.07, 6.45) is 1.70. The minimum absolute atomic E-state index is 0.246. The van der Waals surface area contributed by atoms with Crippen LogP contribution in [0.5, 0.6) is 0 Å². The molecule has 0 N–H and O–H groups in total. The van der Waals surface area contributed by atoms with Crippen LogP contribution in [0, 0.1) is 6.92 Å². The van der Waals surface area contributed by atoms with Crippen molar-refractivity contribution in [1.82, 2.24) is 9.97 Å². The van der Waals surface area contributed by atoms with Crippen molar-refractivity contribution < 1.29 is 0 Å². The second kappa shape index (κ2) is 4.58. The van der Waals surface area contributed by atoms with E-state index in [-0.39, 0.29) is 5.15 Å². The van der Waals surface area contributed by atoms with Gasteiger partial charge in [0, 0.05) is 17.5 Å². The van der Waals surface area contributed by atoms with Crippen LogP contribution in [0.15, 0.2) is 24.4 Å². The topological polar surface area (TPSA) is 25.8 Å². The van der Waals surface area contributed by atoms with Crippen LogP contribution in [0.1, 0.15) is 5.69 Å². The Labute approximate surface area is 108 Å². The second-order valence-corrected chi connectivity index (χ2v) is 4.45. The number of rotatable bonds is 1. The maximum Gasteiger partial charge on any atom is 0.148 e. The van der Waals surface area contributed by atoms with Crippen molar-refractivity contribution in [1.29, 1.82) is 0 Å². The first kappa shape index (κ1) is 11.6. The number of hydrogen-bond donors (Lipinski definition) is 0. The molecule has 2 nitrogen and oxygen atoms in total. The Morgan fingerprint density at radius 2 is 1.81 bits per heavy atom. The second-order valence-electron chi connectivity index (χ2n) is 3.28. The maximum absolute atomic E-state index is 6.06. The number of hydrogen-bond acceptors (Lipinski definition) is 2. The monoisotopic (exact) mass is 272 g/mol. The fourth-order valence-corrected chi connectivity index (χ4v) is 1.95. The molecule has 0 saturated carbocycles. The maximum atomic E-state index is 6.06. The van der Waals surface area contributed by atoms with Gasteiger partial charge in [0.25, 0.3) is 0 Å². The predicted octanol–water partition coefficient (Wildman–Crippen LogP) is 4.41. The van der Waals surface area contributed by atoms with Gasteiger partial charge in [-0.25, -0.2) is 4.98 Å². The Kier molecular flexibility index (Phi) is 3.33. The average Bonchev–Trinajstić information content (AvgIpc) is 2.23. The van der Waals surface area contributed by atoms with Crippen LogP contribution >= 0.6 is 34.8 Å². The Bertz CT molecular complexity index is 541. The van der Waals surface area contributed by atoms with E-state index >= 15 is 0 Å². The lowest BCUT2D eigenvalue weighted by Crippen LogP contribution is -1.89. The number of halogens is 3. The lowest BCUT2D eigenvalue weighted by Gasteiger charge is -2.05. The summed E-state index contributed by atoms with van der Waals surface area (Å²) in [4.78, 5) is 8.26. The molecular formula is C11H7Cl3N2. The first-order valence-corrected chi connectivity index (χ1v) is 5.66. The highest BCUT2D eigenvalue weighted by Crippen LogP contribution is 2.31. The molecule has 0 spiro atoms. The molecule has 0 saturated heterocycles. The van der Waals surface area contributed by atoms with Gasteiger partial charge in [0.1, 0.15) is 5.15 Å². The smallest absolute Gasteiger partial charge is 0.148 e. The summed E-state index contributed by atoms with van der Waals surface area (Å²) in [5.74, 6) is 0. The van der Waals surface area contributed by atoms with E-state index in [9.17, 15) is 0 Å². The van der Waals surface area contributed by atoms with Gasteiger partial charge in [-0.2, -0.15) is 0 Å². The molecule has 0 bridgehead atoms. The van der Waals surface area contributed by atoms with Gasteiger partial charge < -0.3 is 0 Å². The van der Waals surface area contributed by atoms with Crippen molar-refractivity contribution in [2.24, 2.45) is 0 Å². The Balaban J connectivity index is 2.60. The first-order valence-electron chi connectivity index (χ1n) is 4.52. The molecule has 16 heavy (non-hydrogen) atoms. The molecule has 0 radical (unpaired) electrons. The van der Waals surface area contributed by atoms with Crippen LogP contribution in [0.25, 0.3) is 11.3 Å². The Morgan fingerprint density at radius 1 is 1.06 bits per heavy atom. The van der Waals surface area contributed by atoms with E-state index in [1.165, 1.54) is 0 Å². The van der Waals surface area contributed by atoms with E-state index < -0.39 is 0 Å². The lowest BCUT2D eigenvalue weighted by atomic mass is 10.1. The lowest BCUT2D eigenvalue weighted by molar-refractivity contribution is 1.19. The molecule has 0 aliphatic heterocycles. The third-order valence-corrected chi connectivity index (χ3v) is 3.02. The summed E-state index contributed by atoms with van der Waals surface area (Å²) in [5.41, 5.74) is 2.37. The molecule has 0 aromatic carbocycles. The van der Waals surface area contributed by atoms with Crippen molar-refractivity contribution in [3.8, 4) is 11.3 Å². The van der Waals surface area contributed by atoms with Crippen molar-refractivity contribution >= 4 is 34.8 Å². The van der Waals surface area contributed by atoms with Gasteiger partial charge in [-0.15, -0.1) is 0 Å². The SMILES string of the molecule is Cc1cc(-c2nc(Cl)c(Cl)cc2Cl)ccn1. The normalized spacial score (nSPS) is 10.5. The molecule has 0 aliphatic carbocycles. The van der Waals surface area contributed by atoms with Crippen molar-refractivity contribution in [2.45, 2.75) is 6.92 Å². The van der Waals surface area contributed by atoms with Crippen LogP contribution in [-0.2, 0) is 0 Å². The standard InChI is InChI=1S/C11H7Cl3N2/c1-6-4-7(2-3-15-6)10-8(12)5-9(13)11(14)16-10/h2-5H,1H3. The Morgan fingerprint density at radius 3 is 2.50 bits per heavy atom. The first-order chi connectivity index (χ1) is 7.58. The van der Waals surface area contributed by atoms with Crippen LogP contribution in [-0.4, -0.2) is 9.97 Å². The zero-order valence-corrected chi connectivity index (χ0v) is 10.6. The van der Waals surface area contributed by atoms with Gasteiger partial charge in [0.15, 0.2) is 0 Å². The number of nitrogens with zero attached hydrogens (tertiary/aromatic N) is 2. The molecule has 2 aromatic heterocycles. The molecule has 0 unspecified atom stereocenters. The van der Waals surface area contributed by atoms with Crippen molar-refractivity contribution in [2.75, 3.05) is 0 Å². The summed E-state index contributed by atoms with van der Waals surface area (Å²) >= 11 is 17.7. The van der Waals surface area contributed by atoms with Gasteiger partial charge in [0.2, 0.25) is 0 Å². The highest BCUT2D eigenvalue weighted by atomic mass is 35.5. The van der Waals surface area contributed by atoms with Gasteiger partial charge in [-0.3, -0.25) is 4.98 Å². The van der Waals surface area contributed by atoms with Crippen LogP contribution in [0.2, 0.25) is 15.2 Å². The van der Waals surface area contributed by atoms with Gasteiger partial charge in [-0.05, 0) is 25.1 Å². The highest BCUT2D eigenvalue weighted by Gasteiger charge is 2.09. The van der Waals surface area contributed by atoms with Gasteiger partial charge in [-0.1, -0.05) is 34.8 Å². The van der Waals surface area contributed by atoms with Gasteiger partial charge >= 0.3 is 0 Å². The summed E-state index contributed by atoms with van der Waals surface area (Å²) in [6, 6.07) is 5.30. The summed E-state index contributed by atoms with van der Waals surface area (Å²) in [6.45, 7) is 1.90. The molecule has 2 rings (SSSR count). The Hall–Kier alpha value is -0.830. The molecule has 0 amide bonds. The van der Waals surface area contributed by atoms with Crippen LogP contribution in [0.4, 0.5) is 0 Å². The number of aromatic nitrogens is 2. The zero-order valence-electron chi connectivity index (χ0n) is 8.34. The number of pyridine rings is 2. The average molecular weight is 274 g/mol. The fraction of sp³-hybridized carbons (Fsp3) is 0.0909. The summed E-state index contributed by atoms with van der Waals surface area (Å²) < 4.78 is 0. The highest BCUT2D eigenvalue weighted by molar-refractivity contribution is 6.42. The molecule has 5 heteroatoms. The van der Waals surface area contributed by atoms with E-state index in [2.05, 4.69) is 9.97 Å². The molecule has 0 atom stereocenters. The largest absolute Gasteiger partial charge is 0.262 e. The molecule has 2 heterocycles. The quantitative estimate of drug-likeness (QED) is 0.719. The van der Waals surface area contributed by atoms with Crippen LogP contribution < -0.4 is 0 Å². The minimum atomic E-state index is 0.246. The fourth-order valence-electron chi connectivity index (χ4n) is 1.34. The van der Waals surface area contributed by atoms with E-state index in [0.29, 0.717) is 15.7 Å². The third kappa shape index (κ3) is 2.29. The molecule has 0 aliphatic rings. The third-order valence-electron chi connectivity index (χ3n) is 2.06. The zero-order chi connectivity index (χ0) is 11.7. The number of aryl methyl sites for hydroxylation is 1. The molecule has 82 valence electrons. The minimum Gasteiger partial charge on any atom is -0.262 e. The van der Waals surface area contributed by atoms with Crippen LogP contribution in [0.3, 0.4) is 0 Å². The van der Waals surface area contributed by atoms with Gasteiger partial charge in [0.05, 0.1) is 15.7 Å². The van der Waals surface area contributed by atoms with Crippen molar-refractivity contribution in [3.05, 3.63) is 45.3 Å². The molecule has 2 aromatic rings. The summed E-state index contributed by atoms with van der Waals surface area (Å²) in [5, 5.41) is 1.07. The van der Waals surface area contributed by atoms with E-state index in [1.807, 2.05) is 19.1 Å². The van der Waals surface area contributed by atoms with E-state index in [1.54, 1.807) is 12.3 Å².